The Morgan fingerprint density at radius 3 is 1.43 bits per heavy atom. The number of carbonyl (C=O) groups is 3. The average Bonchev–Trinajstić information content (AvgIpc) is 3.15. The minimum absolute atomic E-state index is 0.0262. The first-order valence-corrected chi connectivity index (χ1v) is 22.3. The van der Waals surface area contributed by atoms with Crippen LogP contribution in [0.1, 0.15) is 174 Å². The molecule has 2 unspecified atom stereocenters. The number of carboxylic acids is 1. The van der Waals surface area contributed by atoms with Gasteiger partial charge in [0.1, 0.15) is 12.6 Å². The number of quaternary nitrogens is 1. The number of nitrogens with zero attached hydrogens (tertiary/aromatic N) is 1. The molecule has 0 amide bonds. The van der Waals surface area contributed by atoms with Crippen LogP contribution in [0.15, 0.2) is 60.8 Å². The molecule has 0 aliphatic carbocycles. The number of hydrogen-bond donors (Lipinski definition) is 0. The second-order valence-corrected chi connectivity index (χ2v) is 15.9. The summed E-state index contributed by atoms with van der Waals surface area (Å²) in [6, 6.07) is -0.732. The van der Waals surface area contributed by atoms with Gasteiger partial charge in [0.15, 0.2) is 6.10 Å². The van der Waals surface area contributed by atoms with Crippen LogP contribution in [-0.4, -0.2) is 75.5 Å². The van der Waals surface area contributed by atoms with Gasteiger partial charge in [0.05, 0.1) is 40.3 Å². The number of unbranched alkanes of at least 4 members (excludes halogenated alkanes) is 15. The summed E-state index contributed by atoms with van der Waals surface area (Å²) in [6.07, 6.45) is 46.7. The van der Waals surface area contributed by atoms with E-state index in [9.17, 15) is 19.5 Å². The highest BCUT2D eigenvalue weighted by atomic mass is 16.6. The second kappa shape index (κ2) is 38.9. The Morgan fingerprint density at radius 2 is 0.946 bits per heavy atom. The maximum absolute atomic E-state index is 12.7. The first-order chi connectivity index (χ1) is 27.1. The van der Waals surface area contributed by atoms with Crippen LogP contribution in [0.5, 0.6) is 0 Å². The number of esters is 2. The van der Waals surface area contributed by atoms with Gasteiger partial charge >= 0.3 is 11.9 Å². The number of carbonyl (C=O) groups excluding carboxylic acids is 3. The lowest BCUT2D eigenvalue weighted by Crippen LogP contribution is -2.55. The van der Waals surface area contributed by atoms with Crippen molar-refractivity contribution in [3.63, 3.8) is 0 Å². The molecule has 0 rings (SSSR count). The molecule has 0 fully saturated rings. The lowest BCUT2D eigenvalue weighted by Gasteiger charge is -2.34. The van der Waals surface area contributed by atoms with Crippen molar-refractivity contribution in [2.24, 2.45) is 0 Å². The minimum atomic E-state index is -1.13. The fraction of sp³-hybridized carbons (Fsp3) is 0.729. The van der Waals surface area contributed by atoms with Crippen LogP contribution in [-0.2, 0) is 28.6 Å². The predicted octanol–water partition coefficient (Wildman–Crippen LogP) is 10.9. The van der Waals surface area contributed by atoms with Gasteiger partial charge in [0, 0.05) is 19.3 Å². The molecule has 0 saturated carbocycles. The maximum atomic E-state index is 12.7. The molecule has 0 aromatic heterocycles. The van der Waals surface area contributed by atoms with Gasteiger partial charge in [-0.2, -0.15) is 0 Å². The van der Waals surface area contributed by atoms with Crippen LogP contribution in [0.4, 0.5) is 0 Å². The topological polar surface area (TPSA) is 102 Å². The zero-order chi connectivity index (χ0) is 41.4. The summed E-state index contributed by atoms with van der Waals surface area (Å²) in [6.45, 7) is 4.57. The lowest BCUT2D eigenvalue weighted by atomic mass is 10.1. The van der Waals surface area contributed by atoms with E-state index in [2.05, 4.69) is 74.6 Å². The molecule has 0 heterocycles. The van der Waals surface area contributed by atoms with Crippen molar-refractivity contribution in [2.75, 3.05) is 41.0 Å². The first-order valence-electron chi connectivity index (χ1n) is 22.3. The Bertz CT molecular complexity index is 1100. The van der Waals surface area contributed by atoms with Crippen LogP contribution in [0.3, 0.4) is 0 Å². The smallest absolute Gasteiger partial charge is 0.306 e. The van der Waals surface area contributed by atoms with Crippen LogP contribution >= 0.6 is 0 Å². The number of likely N-dealkylation sites (N-methyl/N-ethyl adjacent to an activating group) is 1. The van der Waals surface area contributed by atoms with Gasteiger partial charge < -0.3 is 28.6 Å². The van der Waals surface area contributed by atoms with E-state index in [1.54, 1.807) is 21.1 Å². The summed E-state index contributed by atoms with van der Waals surface area (Å²) >= 11 is 0. The molecular weight excluding hydrogens is 703 g/mol. The van der Waals surface area contributed by atoms with Crippen molar-refractivity contribution in [3.05, 3.63) is 60.8 Å². The molecule has 2 atom stereocenters. The summed E-state index contributed by atoms with van der Waals surface area (Å²) in [4.78, 5) is 36.8. The summed E-state index contributed by atoms with van der Waals surface area (Å²) < 4.78 is 17.1. The van der Waals surface area contributed by atoms with E-state index in [1.165, 1.54) is 77.0 Å². The zero-order valence-corrected chi connectivity index (χ0v) is 36.5. The molecule has 56 heavy (non-hydrogen) atoms. The Kier molecular flexibility index (Phi) is 36.8. The van der Waals surface area contributed by atoms with Crippen molar-refractivity contribution < 1.29 is 38.2 Å². The summed E-state index contributed by atoms with van der Waals surface area (Å²) in [7, 11) is 5.39. The monoisotopic (exact) mass is 786 g/mol. The molecule has 322 valence electrons. The van der Waals surface area contributed by atoms with Gasteiger partial charge in [-0.05, 0) is 64.2 Å². The van der Waals surface area contributed by atoms with Gasteiger partial charge in [-0.15, -0.1) is 0 Å². The van der Waals surface area contributed by atoms with Gasteiger partial charge in [-0.3, -0.25) is 9.59 Å². The van der Waals surface area contributed by atoms with Gasteiger partial charge in [0.25, 0.3) is 0 Å². The van der Waals surface area contributed by atoms with E-state index < -0.39 is 18.1 Å². The maximum Gasteiger partial charge on any atom is 0.306 e. The molecule has 0 saturated heterocycles. The van der Waals surface area contributed by atoms with Gasteiger partial charge in [-0.1, -0.05) is 152 Å². The first kappa shape index (κ1) is 53.0. The average molecular weight is 786 g/mol. The van der Waals surface area contributed by atoms with Crippen LogP contribution < -0.4 is 5.11 Å². The summed E-state index contributed by atoms with van der Waals surface area (Å²) in [5.74, 6) is -1.79. The Labute approximate surface area is 343 Å². The van der Waals surface area contributed by atoms with Gasteiger partial charge in [-0.25, -0.2) is 0 Å². The van der Waals surface area contributed by atoms with Crippen molar-refractivity contribution >= 4 is 17.9 Å². The SMILES string of the molecule is CCCCC/C=C/C/C=C/C/C=C/C/C=C/C/C=C/CCCCC(=O)OCC(COCCC(C(=O)[O-])[N+](C)(C)C)OC(=O)CCCCCCCCCCCCC. The number of rotatable bonds is 39. The van der Waals surface area contributed by atoms with Crippen molar-refractivity contribution in [1.29, 1.82) is 0 Å². The van der Waals surface area contributed by atoms with Crippen molar-refractivity contribution in [2.45, 2.75) is 187 Å². The molecule has 0 radical (unpaired) electrons. The largest absolute Gasteiger partial charge is 0.544 e. The number of ether oxygens (including phenoxy) is 3. The van der Waals surface area contributed by atoms with E-state index in [1.807, 2.05) is 0 Å². The van der Waals surface area contributed by atoms with E-state index in [0.717, 1.165) is 57.8 Å². The van der Waals surface area contributed by atoms with E-state index in [0.29, 0.717) is 19.3 Å². The molecule has 8 nitrogen and oxygen atoms in total. The van der Waals surface area contributed by atoms with Crippen LogP contribution in [0.25, 0.3) is 0 Å². The molecular formula is C48H83NO7. The highest BCUT2D eigenvalue weighted by molar-refractivity contribution is 5.70. The molecule has 8 heteroatoms. The van der Waals surface area contributed by atoms with Gasteiger partial charge in [0.2, 0.25) is 0 Å². The normalized spacial score (nSPS) is 13.5. The lowest BCUT2D eigenvalue weighted by molar-refractivity contribution is -0.889. The zero-order valence-electron chi connectivity index (χ0n) is 36.5. The Hall–Kier alpha value is -2.97. The molecule has 0 spiro atoms. The quantitative estimate of drug-likeness (QED) is 0.0265. The summed E-state index contributed by atoms with van der Waals surface area (Å²) in [5, 5.41) is 11.6. The Balaban J connectivity index is 4.39. The highest BCUT2D eigenvalue weighted by Crippen LogP contribution is 2.13. The van der Waals surface area contributed by atoms with E-state index in [-0.39, 0.29) is 42.7 Å². The highest BCUT2D eigenvalue weighted by Gasteiger charge is 2.25. The fourth-order valence-electron chi connectivity index (χ4n) is 6.15. The van der Waals surface area contributed by atoms with E-state index >= 15 is 0 Å². The number of aliphatic carboxylic acids is 1. The van der Waals surface area contributed by atoms with E-state index in [4.69, 9.17) is 14.2 Å². The predicted molar refractivity (Wildman–Crippen MR) is 231 cm³/mol. The fourth-order valence-corrected chi connectivity index (χ4v) is 6.15. The molecule has 0 aromatic carbocycles. The summed E-state index contributed by atoms with van der Waals surface area (Å²) in [5.41, 5.74) is 0. The standard InChI is InChI=1S/C48H83NO7/c1-6-8-10-12-14-16-18-19-20-21-22-23-24-25-26-27-29-30-32-34-36-38-46(50)55-43-44(42-54-41-40-45(48(52)53)49(3,4)5)56-47(51)39-37-35-33-31-28-17-15-13-11-9-7-2/h14,16,19-20,22-23,25-26,29-30,44-45H,6-13,15,17-18,21,24,27-28,31-43H2,1-5H3/b16-14+,20-19+,23-22+,26-25+,30-29+. The Morgan fingerprint density at radius 1 is 0.536 bits per heavy atom. The molecule has 0 N–H and O–H groups in total. The molecule has 0 bridgehead atoms. The molecule has 0 aliphatic heterocycles. The third kappa shape index (κ3) is 36.7. The van der Waals surface area contributed by atoms with Crippen LogP contribution in [0, 0.1) is 0 Å². The number of hydrogen-bond acceptors (Lipinski definition) is 7. The second-order valence-electron chi connectivity index (χ2n) is 15.9. The third-order valence-electron chi connectivity index (χ3n) is 9.66. The van der Waals surface area contributed by atoms with Crippen molar-refractivity contribution in [3.8, 4) is 0 Å². The third-order valence-corrected chi connectivity index (χ3v) is 9.66. The van der Waals surface area contributed by atoms with Crippen molar-refractivity contribution in [1.82, 2.24) is 0 Å². The molecule has 0 aliphatic rings. The number of carboxylic acid groups (broad SMARTS) is 1. The molecule has 0 aromatic rings. The number of allylic oxidation sites excluding steroid dienone is 10. The minimum Gasteiger partial charge on any atom is -0.544 e. The van der Waals surface area contributed by atoms with Crippen LogP contribution in [0.2, 0.25) is 0 Å².